The quantitative estimate of drug-likeness (QED) is 0.442. The van der Waals surface area contributed by atoms with Crippen molar-refractivity contribution >= 4 is 32.6 Å². The third kappa shape index (κ3) is 5.32. The van der Waals surface area contributed by atoms with Gasteiger partial charge < -0.3 is 14.1 Å². The Kier molecular flexibility index (Phi) is 7.22. The van der Waals surface area contributed by atoms with Crippen LogP contribution in [0.4, 0.5) is 0 Å². The van der Waals surface area contributed by atoms with Gasteiger partial charge in [0.1, 0.15) is 4.90 Å². The van der Waals surface area contributed by atoms with Crippen LogP contribution in [0.2, 0.25) is 5.02 Å². The number of benzene rings is 2. The van der Waals surface area contributed by atoms with Crippen molar-refractivity contribution in [1.82, 2.24) is 9.88 Å². The molecule has 0 atom stereocenters. The van der Waals surface area contributed by atoms with E-state index in [0.29, 0.717) is 10.8 Å². The van der Waals surface area contributed by atoms with Crippen LogP contribution in [0.3, 0.4) is 0 Å². The molecule has 1 aromatic heterocycles. The second-order valence-electron chi connectivity index (χ2n) is 7.08. The van der Waals surface area contributed by atoms with Gasteiger partial charge in [0.2, 0.25) is 0 Å². The average molecular weight is 435 g/mol. The minimum atomic E-state index is -3.95. The third-order valence-corrected chi connectivity index (χ3v) is 6.33. The van der Waals surface area contributed by atoms with E-state index in [1.807, 2.05) is 12.3 Å². The van der Waals surface area contributed by atoms with Gasteiger partial charge >= 0.3 is 10.1 Å². The first kappa shape index (κ1) is 21.7. The van der Waals surface area contributed by atoms with E-state index in [-0.39, 0.29) is 4.90 Å². The van der Waals surface area contributed by atoms with Gasteiger partial charge in [0.15, 0.2) is 5.75 Å². The molecule has 0 saturated heterocycles. The highest BCUT2D eigenvalue weighted by molar-refractivity contribution is 7.87. The maximum absolute atomic E-state index is 12.7. The van der Waals surface area contributed by atoms with Gasteiger partial charge in [0, 0.05) is 28.7 Å². The summed E-state index contributed by atoms with van der Waals surface area (Å²) in [6.45, 7) is 7.41. The van der Waals surface area contributed by atoms with E-state index in [1.165, 1.54) is 24.3 Å². The van der Waals surface area contributed by atoms with Crippen molar-refractivity contribution in [3.05, 3.63) is 59.2 Å². The predicted octanol–water partition coefficient (Wildman–Crippen LogP) is 5.25. The lowest BCUT2D eigenvalue weighted by Gasteiger charge is -2.20. The van der Waals surface area contributed by atoms with Crippen LogP contribution in [-0.4, -0.2) is 37.9 Å². The molecule has 2 aromatic carbocycles. The van der Waals surface area contributed by atoms with E-state index in [9.17, 15) is 8.42 Å². The molecule has 1 N–H and O–H groups in total. The molecule has 0 saturated carbocycles. The van der Waals surface area contributed by atoms with E-state index in [0.717, 1.165) is 55.4 Å². The number of hydrogen-bond donors (Lipinski definition) is 1. The molecule has 0 radical (unpaired) electrons. The number of nitrogens with zero attached hydrogens (tertiary/aromatic N) is 1. The van der Waals surface area contributed by atoms with Gasteiger partial charge in [-0.2, -0.15) is 8.42 Å². The molecule has 0 spiro atoms. The zero-order chi connectivity index (χ0) is 20.9. The number of aromatic nitrogens is 1. The van der Waals surface area contributed by atoms with Crippen molar-refractivity contribution < 1.29 is 12.6 Å². The van der Waals surface area contributed by atoms with Crippen LogP contribution in [-0.2, 0) is 16.5 Å². The Labute approximate surface area is 177 Å². The smallest absolute Gasteiger partial charge is 0.339 e. The van der Waals surface area contributed by atoms with Crippen molar-refractivity contribution in [1.29, 1.82) is 0 Å². The molecule has 5 nitrogen and oxygen atoms in total. The lowest BCUT2D eigenvalue weighted by molar-refractivity contribution is 0.278. The minimum absolute atomic E-state index is 0.0769. The number of H-pyrrole nitrogens is 1. The lowest BCUT2D eigenvalue weighted by Crippen LogP contribution is -2.27. The summed E-state index contributed by atoms with van der Waals surface area (Å²) in [5, 5.41) is 1.29. The molecule has 0 fully saturated rings. The van der Waals surface area contributed by atoms with Crippen LogP contribution in [0.5, 0.6) is 5.75 Å². The number of rotatable bonds is 10. The monoisotopic (exact) mass is 434 g/mol. The first-order valence-electron chi connectivity index (χ1n) is 9.96. The van der Waals surface area contributed by atoms with Gasteiger partial charge in [-0.3, -0.25) is 0 Å². The van der Waals surface area contributed by atoms with Crippen molar-refractivity contribution in [3.63, 3.8) is 0 Å². The predicted molar refractivity (Wildman–Crippen MR) is 118 cm³/mol. The van der Waals surface area contributed by atoms with Crippen molar-refractivity contribution in [2.75, 3.05) is 19.6 Å². The lowest BCUT2D eigenvalue weighted by atomic mass is 10.1. The van der Waals surface area contributed by atoms with Crippen LogP contribution in [0, 0.1) is 0 Å². The topological polar surface area (TPSA) is 62.4 Å². The van der Waals surface area contributed by atoms with Gasteiger partial charge in [-0.1, -0.05) is 31.5 Å². The number of halogens is 1. The zero-order valence-corrected chi connectivity index (χ0v) is 18.4. The fraction of sp³-hybridized carbons (Fsp3) is 0.364. The van der Waals surface area contributed by atoms with Gasteiger partial charge in [-0.25, -0.2) is 0 Å². The first-order chi connectivity index (χ1) is 13.9. The number of aromatic amines is 1. The Morgan fingerprint density at radius 1 is 1.00 bits per heavy atom. The summed E-state index contributed by atoms with van der Waals surface area (Å²) in [5.41, 5.74) is 1.92. The van der Waals surface area contributed by atoms with Gasteiger partial charge in [-0.05, 0) is 74.3 Å². The number of fused-ring (bicyclic) bond motifs is 1. The molecular formula is C22H27ClN2O3S. The number of nitrogens with one attached hydrogen (secondary N) is 1. The van der Waals surface area contributed by atoms with Gasteiger partial charge in [-0.15, -0.1) is 0 Å². The molecule has 1 heterocycles. The normalized spacial score (nSPS) is 12.0. The summed E-state index contributed by atoms with van der Waals surface area (Å²) in [7, 11) is -3.95. The Morgan fingerprint density at radius 2 is 1.69 bits per heavy atom. The van der Waals surface area contributed by atoms with Crippen LogP contribution in [0.25, 0.3) is 10.9 Å². The molecule has 0 aliphatic heterocycles. The zero-order valence-electron chi connectivity index (χ0n) is 16.8. The summed E-state index contributed by atoms with van der Waals surface area (Å²) in [5.74, 6) is 0.339. The first-order valence-corrected chi connectivity index (χ1v) is 11.7. The summed E-state index contributed by atoms with van der Waals surface area (Å²) in [6.07, 6.45) is 4.99. The highest BCUT2D eigenvalue weighted by Crippen LogP contribution is 2.31. The fourth-order valence-corrected chi connectivity index (χ4v) is 4.57. The average Bonchev–Trinajstić information content (AvgIpc) is 3.11. The van der Waals surface area contributed by atoms with Crippen LogP contribution in [0.1, 0.15) is 32.3 Å². The summed E-state index contributed by atoms with van der Waals surface area (Å²) in [6, 6.07) is 11.4. The Hall–Kier alpha value is -2.02. The van der Waals surface area contributed by atoms with E-state index in [1.54, 1.807) is 12.1 Å². The third-order valence-electron chi connectivity index (χ3n) is 4.83. The van der Waals surface area contributed by atoms with Gasteiger partial charge in [0.05, 0.1) is 0 Å². The van der Waals surface area contributed by atoms with E-state index in [4.69, 9.17) is 15.8 Å². The maximum Gasteiger partial charge on any atom is 0.339 e. The number of hydrogen-bond acceptors (Lipinski definition) is 4. The molecule has 0 amide bonds. The Morgan fingerprint density at radius 3 is 2.34 bits per heavy atom. The summed E-state index contributed by atoms with van der Waals surface area (Å²) in [4.78, 5) is 5.75. The second-order valence-corrected chi connectivity index (χ2v) is 9.06. The highest BCUT2D eigenvalue weighted by Gasteiger charge is 2.20. The van der Waals surface area contributed by atoms with Gasteiger partial charge in [0.25, 0.3) is 0 Å². The summed E-state index contributed by atoms with van der Waals surface area (Å²) < 4.78 is 31.0. The van der Waals surface area contributed by atoms with Crippen molar-refractivity contribution in [2.24, 2.45) is 0 Å². The summed E-state index contributed by atoms with van der Waals surface area (Å²) >= 11 is 5.87. The molecular weight excluding hydrogens is 408 g/mol. The maximum atomic E-state index is 12.7. The van der Waals surface area contributed by atoms with E-state index < -0.39 is 10.1 Å². The molecule has 0 aliphatic carbocycles. The highest BCUT2D eigenvalue weighted by atomic mass is 35.5. The molecule has 3 rings (SSSR count). The fourth-order valence-electron chi connectivity index (χ4n) is 3.50. The van der Waals surface area contributed by atoms with Crippen LogP contribution in [0.15, 0.2) is 53.6 Å². The molecule has 0 unspecified atom stereocenters. The minimum Gasteiger partial charge on any atom is -0.378 e. The molecule has 156 valence electrons. The Balaban J connectivity index is 1.87. The van der Waals surface area contributed by atoms with E-state index >= 15 is 0 Å². The van der Waals surface area contributed by atoms with E-state index in [2.05, 4.69) is 23.7 Å². The van der Waals surface area contributed by atoms with Crippen LogP contribution < -0.4 is 4.18 Å². The second kappa shape index (κ2) is 9.65. The van der Waals surface area contributed by atoms with Crippen LogP contribution >= 0.6 is 11.6 Å². The molecule has 0 bridgehead atoms. The molecule has 7 heteroatoms. The molecule has 3 aromatic rings. The van der Waals surface area contributed by atoms with Crippen molar-refractivity contribution in [2.45, 2.75) is 38.0 Å². The SMILES string of the molecule is CCCN(CCC)CCc1c[nH]c2cccc(OS(=O)(=O)c3ccc(Cl)cc3)c12. The van der Waals surface area contributed by atoms with Crippen molar-refractivity contribution in [3.8, 4) is 5.75 Å². The Bertz CT molecular complexity index is 1040. The standard InChI is InChI=1S/C22H27ClN2O3S/c1-3-13-25(14-4-2)15-12-17-16-24-20-6-5-7-21(22(17)20)28-29(26,27)19-10-8-18(23)9-11-19/h5-11,16,24H,3-4,12-15H2,1-2H3. The largest absolute Gasteiger partial charge is 0.378 e. The molecule has 0 aliphatic rings. The molecule has 29 heavy (non-hydrogen) atoms.